The number of nitrogens with zero attached hydrogens (tertiary/aromatic N) is 8. The van der Waals surface area contributed by atoms with E-state index in [-0.39, 0.29) is 5.91 Å². The molecule has 4 aromatic rings. The van der Waals surface area contributed by atoms with Crippen molar-refractivity contribution < 1.29 is 4.79 Å². The fraction of sp³-hybridized carbons (Fsp3) is 0.320. The van der Waals surface area contributed by atoms with Crippen molar-refractivity contribution in [2.75, 3.05) is 49.1 Å². The highest BCUT2D eigenvalue weighted by Gasteiger charge is 2.28. The summed E-state index contributed by atoms with van der Waals surface area (Å²) < 4.78 is 1.77. The predicted octanol–water partition coefficient (Wildman–Crippen LogP) is 2.81. The molecule has 0 saturated carbocycles. The number of aromatic nitrogens is 5. The fourth-order valence-electron chi connectivity index (χ4n) is 4.81. The summed E-state index contributed by atoms with van der Waals surface area (Å²) in [6, 6.07) is 16.2. The van der Waals surface area contributed by atoms with Crippen LogP contribution in [-0.4, -0.2) is 75.3 Å². The Kier molecular flexibility index (Phi) is 5.75. The molecule has 1 saturated heterocycles. The van der Waals surface area contributed by atoms with Crippen LogP contribution in [0.3, 0.4) is 0 Å². The van der Waals surface area contributed by atoms with Gasteiger partial charge in [-0.15, -0.1) is 11.3 Å². The van der Waals surface area contributed by atoms with Gasteiger partial charge >= 0.3 is 0 Å². The summed E-state index contributed by atoms with van der Waals surface area (Å²) in [4.78, 5) is 24.1. The summed E-state index contributed by atoms with van der Waals surface area (Å²) in [5.74, 6) is 0.894. The summed E-state index contributed by atoms with van der Waals surface area (Å²) in [6.45, 7) is 6.30. The number of para-hydroxylation sites is 1. The predicted molar refractivity (Wildman–Crippen MR) is 136 cm³/mol. The lowest BCUT2D eigenvalue weighted by Gasteiger charge is -2.35. The molecule has 0 unspecified atom stereocenters. The van der Waals surface area contributed by atoms with E-state index in [0.717, 1.165) is 72.7 Å². The van der Waals surface area contributed by atoms with Gasteiger partial charge in [0, 0.05) is 49.4 Å². The molecule has 1 fully saturated rings. The maximum Gasteiger partial charge on any atom is 0.250 e. The minimum Gasteiger partial charge on any atom is -0.337 e. The van der Waals surface area contributed by atoms with Gasteiger partial charge in [0.1, 0.15) is 0 Å². The highest BCUT2D eigenvalue weighted by Crippen LogP contribution is 2.33. The van der Waals surface area contributed by atoms with Crippen LogP contribution in [0.15, 0.2) is 53.9 Å². The van der Waals surface area contributed by atoms with Crippen LogP contribution in [0, 0.1) is 6.92 Å². The van der Waals surface area contributed by atoms with Gasteiger partial charge in [-0.1, -0.05) is 29.4 Å². The van der Waals surface area contributed by atoms with Crippen LogP contribution in [0.25, 0.3) is 16.9 Å². The summed E-state index contributed by atoms with van der Waals surface area (Å²) in [7, 11) is 0. The van der Waals surface area contributed by atoms with Gasteiger partial charge in [-0.2, -0.15) is 4.68 Å². The number of amides is 1. The van der Waals surface area contributed by atoms with Crippen molar-refractivity contribution >= 4 is 28.9 Å². The van der Waals surface area contributed by atoms with Crippen molar-refractivity contribution in [3.8, 4) is 16.9 Å². The molecule has 0 radical (unpaired) electrons. The van der Waals surface area contributed by atoms with E-state index in [1.807, 2.05) is 42.2 Å². The van der Waals surface area contributed by atoms with E-state index in [9.17, 15) is 4.79 Å². The summed E-state index contributed by atoms with van der Waals surface area (Å²) >= 11 is 1.66. The van der Waals surface area contributed by atoms with Crippen molar-refractivity contribution in [3.63, 3.8) is 0 Å². The number of hydrogen-bond acceptors (Lipinski definition) is 8. The van der Waals surface area contributed by atoms with E-state index in [1.165, 1.54) is 5.56 Å². The first-order chi connectivity index (χ1) is 17.2. The van der Waals surface area contributed by atoms with E-state index in [4.69, 9.17) is 0 Å². The topological polar surface area (TPSA) is 83.3 Å². The highest BCUT2D eigenvalue weighted by atomic mass is 32.1. The van der Waals surface area contributed by atoms with Crippen molar-refractivity contribution in [2.45, 2.75) is 13.3 Å². The standard InChI is InChI=1S/C25H26N8OS/c1-18-26-22(17-35-18)19-7-8-23-20(15-19)9-10-32(23)24(34)16-30-11-13-31(14-12-30)25-27-28-29-33(25)21-5-3-2-4-6-21/h2-8,15,17H,9-14,16H2,1H3. The number of tetrazole rings is 1. The van der Waals surface area contributed by atoms with Gasteiger partial charge in [-0.25, -0.2) is 4.98 Å². The summed E-state index contributed by atoms with van der Waals surface area (Å²) in [5, 5.41) is 15.5. The molecule has 0 bridgehead atoms. The quantitative estimate of drug-likeness (QED) is 0.429. The monoisotopic (exact) mass is 486 g/mol. The Balaban J connectivity index is 1.08. The number of fused-ring (bicyclic) bond motifs is 1. The molecule has 6 rings (SSSR count). The zero-order valence-corrected chi connectivity index (χ0v) is 20.4. The molecule has 2 aromatic heterocycles. The van der Waals surface area contributed by atoms with Gasteiger partial charge in [0.25, 0.3) is 0 Å². The maximum atomic E-state index is 13.2. The number of carbonyl (C=O) groups is 1. The average molecular weight is 487 g/mol. The lowest BCUT2D eigenvalue weighted by molar-refractivity contribution is -0.119. The lowest BCUT2D eigenvalue weighted by atomic mass is 10.1. The van der Waals surface area contributed by atoms with Crippen molar-refractivity contribution in [1.82, 2.24) is 30.1 Å². The third kappa shape index (κ3) is 4.30. The molecular formula is C25H26N8OS. The Bertz CT molecular complexity index is 1340. The maximum absolute atomic E-state index is 13.2. The molecule has 4 heterocycles. The largest absolute Gasteiger partial charge is 0.337 e. The van der Waals surface area contributed by atoms with Crippen LogP contribution in [0.1, 0.15) is 10.6 Å². The molecule has 2 aliphatic rings. The normalized spacial score (nSPS) is 16.0. The lowest BCUT2D eigenvalue weighted by Crippen LogP contribution is -2.50. The molecule has 1 amide bonds. The number of thiazole rings is 1. The number of aryl methyl sites for hydroxylation is 1. The van der Waals surface area contributed by atoms with Gasteiger partial charge in [0.15, 0.2) is 0 Å². The molecule has 0 N–H and O–H groups in total. The van der Waals surface area contributed by atoms with Gasteiger partial charge in [-0.3, -0.25) is 9.69 Å². The van der Waals surface area contributed by atoms with Gasteiger partial charge in [-0.05, 0) is 53.6 Å². The van der Waals surface area contributed by atoms with E-state index in [0.29, 0.717) is 6.54 Å². The van der Waals surface area contributed by atoms with Gasteiger partial charge in [0.2, 0.25) is 11.9 Å². The number of benzene rings is 2. The minimum atomic E-state index is 0.156. The molecule has 0 aliphatic carbocycles. The molecule has 35 heavy (non-hydrogen) atoms. The molecular weight excluding hydrogens is 460 g/mol. The van der Waals surface area contributed by atoms with Gasteiger partial charge < -0.3 is 9.80 Å². The van der Waals surface area contributed by atoms with E-state index >= 15 is 0 Å². The van der Waals surface area contributed by atoms with Gasteiger partial charge in [0.05, 0.1) is 22.9 Å². The Morgan fingerprint density at radius 1 is 1.03 bits per heavy atom. The van der Waals surface area contributed by atoms with Crippen LogP contribution < -0.4 is 9.80 Å². The summed E-state index contributed by atoms with van der Waals surface area (Å²) in [6.07, 6.45) is 0.883. The number of piperazine rings is 1. The molecule has 2 aromatic carbocycles. The number of carbonyl (C=O) groups excluding carboxylic acids is 1. The zero-order valence-electron chi connectivity index (χ0n) is 19.5. The van der Waals surface area contributed by atoms with Crippen LogP contribution in [0.4, 0.5) is 11.6 Å². The molecule has 178 valence electrons. The first-order valence-corrected chi connectivity index (χ1v) is 12.7. The smallest absolute Gasteiger partial charge is 0.250 e. The SMILES string of the molecule is Cc1nc(-c2ccc3c(c2)CCN3C(=O)CN2CCN(c3nnnn3-c3ccccc3)CC2)cs1. The molecule has 0 atom stereocenters. The molecule has 10 heteroatoms. The Morgan fingerprint density at radius 2 is 1.86 bits per heavy atom. The van der Waals surface area contributed by atoms with Crippen LogP contribution >= 0.6 is 11.3 Å². The molecule has 2 aliphatic heterocycles. The van der Waals surface area contributed by atoms with E-state index in [2.05, 4.69) is 53.9 Å². The van der Waals surface area contributed by atoms with Crippen LogP contribution in [-0.2, 0) is 11.2 Å². The second-order valence-electron chi connectivity index (χ2n) is 8.88. The van der Waals surface area contributed by atoms with E-state index < -0.39 is 0 Å². The minimum absolute atomic E-state index is 0.156. The Hall–Kier alpha value is -3.63. The first-order valence-electron chi connectivity index (χ1n) is 11.8. The number of rotatable bonds is 5. The van der Waals surface area contributed by atoms with Crippen molar-refractivity contribution in [1.29, 1.82) is 0 Å². The average Bonchev–Trinajstić information content (AvgIpc) is 3.64. The second-order valence-corrected chi connectivity index (χ2v) is 9.94. The van der Waals surface area contributed by atoms with Crippen molar-refractivity contribution in [3.05, 3.63) is 64.5 Å². The number of anilines is 2. The first kappa shape index (κ1) is 21.9. The second kappa shape index (κ2) is 9.20. The third-order valence-electron chi connectivity index (χ3n) is 6.66. The highest BCUT2D eigenvalue weighted by molar-refractivity contribution is 7.09. The third-order valence-corrected chi connectivity index (χ3v) is 7.43. The van der Waals surface area contributed by atoms with Crippen LogP contribution in [0.2, 0.25) is 0 Å². The van der Waals surface area contributed by atoms with E-state index in [1.54, 1.807) is 16.0 Å². The fourth-order valence-corrected chi connectivity index (χ4v) is 5.44. The Morgan fingerprint density at radius 3 is 2.63 bits per heavy atom. The van der Waals surface area contributed by atoms with Crippen LogP contribution in [0.5, 0.6) is 0 Å². The Labute approximate surface area is 207 Å². The molecule has 9 nitrogen and oxygen atoms in total. The zero-order chi connectivity index (χ0) is 23.8. The summed E-state index contributed by atoms with van der Waals surface area (Å²) in [5.41, 5.74) is 5.32. The number of hydrogen-bond donors (Lipinski definition) is 0. The van der Waals surface area contributed by atoms with Crippen molar-refractivity contribution in [2.24, 2.45) is 0 Å². The molecule has 0 spiro atoms.